The number of piperazine rings is 1. The molecular formula is C25H33N3O6. The van der Waals surface area contributed by atoms with E-state index >= 15 is 0 Å². The molecule has 1 unspecified atom stereocenters. The number of likely N-dealkylation sites (N-methyl/N-ethyl adjacent to an activating group) is 1. The molecule has 1 fully saturated rings. The summed E-state index contributed by atoms with van der Waals surface area (Å²) in [5.41, 5.74) is 2.63. The topological polar surface area (TPSA) is 97.4 Å². The van der Waals surface area contributed by atoms with E-state index in [-0.39, 0.29) is 19.1 Å². The minimum Gasteiger partial charge on any atom is -0.484 e. The number of benzene rings is 1. The second kappa shape index (κ2) is 11.2. The molecule has 3 rings (SSSR count). The third-order valence-corrected chi connectivity index (χ3v) is 6.09. The maximum absolute atomic E-state index is 12.8. The molecule has 2 aliphatic rings. The molecule has 2 aliphatic heterocycles. The number of hydrogen-bond acceptors (Lipinski definition) is 8. The van der Waals surface area contributed by atoms with Crippen LogP contribution in [0.3, 0.4) is 0 Å². The third-order valence-electron chi connectivity index (χ3n) is 6.09. The quantitative estimate of drug-likeness (QED) is 0.602. The average molecular weight is 472 g/mol. The number of methoxy groups -OCH3 is 1. The van der Waals surface area contributed by atoms with E-state index in [1.165, 1.54) is 7.11 Å². The molecule has 0 radical (unpaired) electrons. The van der Waals surface area contributed by atoms with Crippen molar-refractivity contribution in [2.24, 2.45) is 0 Å². The molecule has 0 spiro atoms. The highest BCUT2D eigenvalue weighted by Crippen LogP contribution is 2.39. The van der Waals surface area contributed by atoms with E-state index in [9.17, 15) is 14.4 Å². The molecule has 184 valence electrons. The van der Waals surface area contributed by atoms with Gasteiger partial charge in [0, 0.05) is 37.6 Å². The fourth-order valence-corrected chi connectivity index (χ4v) is 4.24. The summed E-state index contributed by atoms with van der Waals surface area (Å²) in [7, 11) is 3.35. The van der Waals surface area contributed by atoms with Gasteiger partial charge in [-0.1, -0.05) is 12.1 Å². The number of dihydropyridines is 1. The fraction of sp³-hybridized carbons (Fsp3) is 0.480. The van der Waals surface area contributed by atoms with Crippen molar-refractivity contribution in [1.82, 2.24) is 15.1 Å². The molecule has 0 bridgehead atoms. The standard InChI is InChI=1S/C25H33N3O6/c1-6-33-25(31)22-17(3)26-16(2)21(24(30)32-5)23(22)18-7-9-19(10-8-18)34-15-20(29)28-13-11-27(4)12-14-28/h7-10,23,26H,6,11-15H2,1-5H3. The van der Waals surface area contributed by atoms with Gasteiger partial charge in [0.2, 0.25) is 0 Å². The number of allylic oxidation sites excluding steroid dienone is 2. The molecule has 0 aliphatic carbocycles. The Hall–Kier alpha value is -3.33. The van der Waals surface area contributed by atoms with E-state index in [4.69, 9.17) is 14.2 Å². The van der Waals surface area contributed by atoms with Crippen molar-refractivity contribution in [2.45, 2.75) is 26.7 Å². The summed E-state index contributed by atoms with van der Waals surface area (Å²) < 4.78 is 16.0. The SMILES string of the molecule is CCOC(=O)C1=C(C)NC(C)=C(C(=O)OC)C1c1ccc(OCC(=O)N2CCN(C)CC2)cc1. The number of esters is 2. The monoisotopic (exact) mass is 471 g/mol. The smallest absolute Gasteiger partial charge is 0.336 e. The van der Waals surface area contributed by atoms with Gasteiger partial charge in [-0.2, -0.15) is 0 Å². The lowest BCUT2D eigenvalue weighted by Crippen LogP contribution is -2.48. The summed E-state index contributed by atoms with van der Waals surface area (Å²) in [6.07, 6.45) is 0. The predicted molar refractivity (Wildman–Crippen MR) is 126 cm³/mol. The van der Waals surface area contributed by atoms with Crippen LogP contribution in [0.1, 0.15) is 32.3 Å². The minimum atomic E-state index is -0.659. The van der Waals surface area contributed by atoms with Gasteiger partial charge in [-0.25, -0.2) is 9.59 Å². The van der Waals surface area contributed by atoms with Crippen LogP contribution in [0.5, 0.6) is 5.75 Å². The van der Waals surface area contributed by atoms with Gasteiger partial charge in [0.15, 0.2) is 6.61 Å². The normalized spacial score (nSPS) is 19.0. The summed E-state index contributed by atoms with van der Waals surface area (Å²) in [6, 6.07) is 7.04. The van der Waals surface area contributed by atoms with Crippen molar-refractivity contribution >= 4 is 17.8 Å². The van der Waals surface area contributed by atoms with Crippen molar-refractivity contribution in [3.8, 4) is 5.75 Å². The van der Waals surface area contributed by atoms with E-state index in [1.807, 2.05) is 7.05 Å². The molecule has 2 heterocycles. The van der Waals surface area contributed by atoms with E-state index in [0.29, 0.717) is 46.9 Å². The molecule has 1 atom stereocenters. The Balaban J connectivity index is 1.81. The average Bonchev–Trinajstić information content (AvgIpc) is 2.82. The van der Waals surface area contributed by atoms with E-state index in [1.54, 1.807) is 49.9 Å². The highest BCUT2D eigenvalue weighted by atomic mass is 16.5. The van der Waals surface area contributed by atoms with Gasteiger partial charge in [-0.3, -0.25) is 4.79 Å². The second-order valence-corrected chi connectivity index (χ2v) is 8.39. The molecule has 34 heavy (non-hydrogen) atoms. The van der Waals surface area contributed by atoms with Crippen molar-refractivity contribution in [1.29, 1.82) is 0 Å². The van der Waals surface area contributed by atoms with Crippen molar-refractivity contribution in [2.75, 3.05) is 53.6 Å². The first-order valence-corrected chi connectivity index (χ1v) is 11.4. The van der Waals surface area contributed by atoms with Crippen LogP contribution in [-0.2, 0) is 23.9 Å². The van der Waals surface area contributed by atoms with Crippen LogP contribution < -0.4 is 10.1 Å². The Morgan fingerprint density at radius 3 is 2.12 bits per heavy atom. The molecule has 1 aromatic carbocycles. The van der Waals surface area contributed by atoms with Gasteiger partial charge in [0.1, 0.15) is 5.75 Å². The fourth-order valence-electron chi connectivity index (χ4n) is 4.24. The van der Waals surface area contributed by atoms with Gasteiger partial charge in [0.05, 0.1) is 30.8 Å². The second-order valence-electron chi connectivity index (χ2n) is 8.39. The molecule has 1 amide bonds. The van der Waals surface area contributed by atoms with Gasteiger partial charge in [0.25, 0.3) is 5.91 Å². The number of hydrogen-bond donors (Lipinski definition) is 1. The maximum Gasteiger partial charge on any atom is 0.336 e. The third kappa shape index (κ3) is 5.59. The van der Waals surface area contributed by atoms with Crippen LogP contribution >= 0.6 is 0 Å². The van der Waals surface area contributed by atoms with E-state index in [2.05, 4.69) is 10.2 Å². The Kier molecular flexibility index (Phi) is 8.33. The Labute approximate surface area is 200 Å². The van der Waals surface area contributed by atoms with Crippen molar-refractivity contribution < 1.29 is 28.6 Å². The molecule has 9 heteroatoms. The number of carbonyl (C=O) groups excluding carboxylic acids is 3. The Morgan fingerprint density at radius 1 is 0.971 bits per heavy atom. The van der Waals surface area contributed by atoms with Crippen molar-refractivity contribution in [3.05, 3.63) is 52.4 Å². The number of carbonyl (C=O) groups is 3. The lowest BCUT2D eigenvalue weighted by Gasteiger charge is -2.32. The summed E-state index contributed by atoms with van der Waals surface area (Å²) in [6.45, 7) is 8.53. The molecule has 0 aromatic heterocycles. The number of nitrogens with zero attached hydrogens (tertiary/aromatic N) is 2. The maximum atomic E-state index is 12.8. The molecule has 0 saturated carbocycles. The number of nitrogens with one attached hydrogen (secondary N) is 1. The van der Waals surface area contributed by atoms with Gasteiger partial charge >= 0.3 is 11.9 Å². The van der Waals surface area contributed by atoms with Crippen LogP contribution in [0.2, 0.25) is 0 Å². The van der Waals surface area contributed by atoms with Crippen molar-refractivity contribution in [3.63, 3.8) is 0 Å². The Bertz CT molecular complexity index is 990. The lowest BCUT2D eigenvalue weighted by atomic mass is 9.80. The summed E-state index contributed by atoms with van der Waals surface area (Å²) in [5.74, 6) is -1.20. The number of amides is 1. The molecule has 1 aromatic rings. The lowest BCUT2D eigenvalue weighted by molar-refractivity contribution is -0.139. The Morgan fingerprint density at radius 2 is 1.56 bits per heavy atom. The zero-order chi connectivity index (χ0) is 24.8. The first-order chi connectivity index (χ1) is 16.3. The summed E-state index contributed by atoms with van der Waals surface area (Å²) in [4.78, 5) is 41.9. The van der Waals surface area contributed by atoms with Gasteiger partial charge < -0.3 is 29.3 Å². The predicted octanol–water partition coefficient (Wildman–Crippen LogP) is 1.81. The van der Waals surface area contributed by atoms with Crippen LogP contribution in [0.4, 0.5) is 0 Å². The highest BCUT2D eigenvalue weighted by molar-refractivity contribution is 5.99. The zero-order valence-corrected chi connectivity index (χ0v) is 20.5. The molecule has 1 N–H and O–H groups in total. The van der Waals surface area contributed by atoms with Crippen LogP contribution in [0.25, 0.3) is 0 Å². The molecule has 9 nitrogen and oxygen atoms in total. The van der Waals surface area contributed by atoms with E-state index < -0.39 is 17.9 Å². The largest absolute Gasteiger partial charge is 0.484 e. The first kappa shape index (κ1) is 25.3. The number of ether oxygens (including phenoxy) is 3. The summed E-state index contributed by atoms with van der Waals surface area (Å²) in [5, 5.41) is 3.10. The molecular weight excluding hydrogens is 438 g/mol. The van der Waals surface area contributed by atoms with Crippen LogP contribution in [0, 0.1) is 0 Å². The zero-order valence-electron chi connectivity index (χ0n) is 20.5. The van der Waals surface area contributed by atoms with E-state index in [0.717, 1.165) is 13.1 Å². The first-order valence-electron chi connectivity index (χ1n) is 11.4. The van der Waals surface area contributed by atoms with Gasteiger partial charge in [-0.15, -0.1) is 0 Å². The molecule has 1 saturated heterocycles. The minimum absolute atomic E-state index is 0.0457. The number of rotatable bonds is 7. The van der Waals surface area contributed by atoms with Gasteiger partial charge in [-0.05, 0) is 45.5 Å². The van der Waals surface area contributed by atoms with Crippen LogP contribution in [-0.4, -0.2) is 81.2 Å². The summed E-state index contributed by atoms with van der Waals surface area (Å²) >= 11 is 0. The van der Waals surface area contributed by atoms with Crippen LogP contribution in [0.15, 0.2) is 46.8 Å². The highest BCUT2D eigenvalue weighted by Gasteiger charge is 2.37.